The van der Waals surface area contributed by atoms with Crippen LogP contribution in [0.4, 0.5) is 10.7 Å². The minimum Gasteiger partial charge on any atom is -0.396 e. The van der Waals surface area contributed by atoms with Crippen molar-refractivity contribution in [2.75, 3.05) is 37.7 Å². The molecule has 1 saturated heterocycles. The Balaban J connectivity index is 2.14. The number of nitrogens with two attached hydrogens (primary N) is 1. The van der Waals surface area contributed by atoms with E-state index in [-0.39, 0.29) is 11.7 Å². The number of hydrogen-bond donors (Lipinski definition) is 2. The van der Waals surface area contributed by atoms with Gasteiger partial charge in [-0.1, -0.05) is 13.8 Å². The number of Topliss-reactive ketones (excluding diaryl/α,β-unsaturated/α-hetero) is 1. The van der Waals surface area contributed by atoms with Crippen molar-refractivity contribution in [1.82, 2.24) is 4.90 Å². The van der Waals surface area contributed by atoms with Crippen molar-refractivity contribution in [2.24, 2.45) is 11.8 Å². The fourth-order valence-electron chi connectivity index (χ4n) is 2.55. The number of likely N-dealkylation sites (tertiary alicyclic amines) is 1. The molecule has 0 aromatic carbocycles. The van der Waals surface area contributed by atoms with E-state index in [0.29, 0.717) is 22.0 Å². The second kappa shape index (κ2) is 6.46. The zero-order chi connectivity index (χ0) is 15.6. The van der Waals surface area contributed by atoms with Crippen LogP contribution in [0.5, 0.6) is 0 Å². The molecule has 1 unspecified atom stereocenters. The van der Waals surface area contributed by atoms with Crippen LogP contribution in [-0.4, -0.2) is 37.4 Å². The van der Waals surface area contributed by atoms with Gasteiger partial charge in [0.2, 0.25) is 0 Å². The number of thiophene rings is 1. The highest BCUT2D eigenvalue weighted by Crippen LogP contribution is 2.36. The zero-order valence-corrected chi connectivity index (χ0v) is 13.6. The predicted molar refractivity (Wildman–Crippen MR) is 86.7 cm³/mol. The molecule has 1 aromatic heterocycles. The average molecular weight is 306 g/mol. The molecule has 2 heterocycles. The first-order valence-electron chi connectivity index (χ1n) is 7.23. The quantitative estimate of drug-likeness (QED) is 0.816. The first kappa shape index (κ1) is 15.8. The van der Waals surface area contributed by atoms with Crippen LogP contribution in [0.3, 0.4) is 0 Å². The van der Waals surface area contributed by atoms with Gasteiger partial charge in [-0.05, 0) is 25.9 Å². The van der Waals surface area contributed by atoms with Gasteiger partial charge in [0, 0.05) is 19.0 Å². The molecule has 1 atom stereocenters. The number of nitriles is 1. The van der Waals surface area contributed by atoms with Gasteiger partial charge >= 0.3 is 0 Å². The van der Waals surface area contributed by atoms with Crippen LogP contribution in [0, 0.1) is 23.2 Å². The number of carbonyl (C=O) groups is 1. The van der Waals surface area contributed by atoms with Crippen LogP contribution in [-0.2, 0) is 0 Å². The molecule has 5 nitrogen and oxygen atoms in total. The molecule has 114 valence electrons. The van der Waals surface area contributed by atoms with Crippen LogP contribution < -0.4 is 11.1 Å². The van der Waals surface area contributed by atoms with E-state index < -0.39 is 0 Å². The lowest BCUT2D eigenvalue weighted by Crippen LogP contribution is -2.19. The SMILES string of the molecule is CC(C)C(=O)c1sc(NCC2CCN(C)C2)c(C#N)c1N. The summed E-state index contributed by atoms with van der Waals surface area (Å²) in [5.74, 6) is 0.464. The molecule has 0 amide bonds. The van der Waals surface area contributed by atoms with Gasteiger partial charge in [-0.3, -0.25) is 4.79 Å². The van der Waals surface area contributed by atoms with Gasteiger partial charge in [0.25, 0.3) is 0 Å². The first-order valence-corrected chi connectivity index (χ1v) is 8.04. The third kappa shape index (κ3) is 3.36. The van der Waals surface area contributed by atoms with Gasteiger partial charge in [0.1, 0.15) is 16.6 Å². The maximum Gasteiger partial charge on any atom is 0.177 e. The Morgan fingerprint density at radius 1 is 1.62 bits per heavy atom. The highest BCUT2D eigenvalue weighted by molar-refractivity contribution is 7.19. The fraction of sp³-hybridized carbons (Fsp3) is 0.600. The van der Waals surface area contributed by atoms with E-state index in [1.54, 1.807) is 0 Å². The Kier molecular flexibility index (Phi) is 4.86. The largest absolute Gasteiger partial charge is 0.396 e. The lowest BCUT2D eigenvalue weighted by molar-refractivity contribution is 0.0944. The van der Waals surface area contributed by atoms with Gasteiger partial charge in [0.05, 0.1) is 10.6 Å². The zero-order valence-electron chi connectivity index (χ0n) is 12.8. The van der Waals surface area contributed by atoms with E-state index in [0.717, 1.165) is 31.1 Å². The summed E-state index contributed by atoms with van der Waals surface area (Å²) in [6, 6.07) is 2.12. The topological polar surface area (TPSA) is 82.2 Å². The molecule has 21 heavy (non-hydrogen) atoms. The minimum absolute atomic E-state index is 0.00245. The van der Waals surface area contributed by atoms with Crippen molar-refractivity contribution in [3.8, 4) is 6.07 Å². The number of hydrogen-bond acceptors (Lipinski definition) is 6. The van der Waals surface area contributed by atoms with E-state index in [2.05, 4.69) is 23.3 Å². The smallest absolute Gasteiger partial charge is 0.177 e. The van der Waals surface area contributed by atoms with Gasteiger partial charge in [-0.15, -0.1) is 11.3 Å². The van der Waals surface area contributed by atoms with E-state index >= 15 is 0 Å². The summed E-state index contributed by atoms with van der Waals surface area (Å²) >= 11 is 1.31. The molecule has 6 heteroatoms. The predicted octanol–water partition coefficient (Wildman–Crippen LogP) is 2.40. The molecule has 0 saturated carbocycles. The van der Waals surface area contributed by atoms with Crippen LogP contribution in [0.25, 0.3) is 0 Å². The van der Waals surface area contributed by atoms with Crippen molar-refractivity contribution in [2.45, 2.75) is 20.3 Å². The molecular weight excluding hydrogens is 284 g/mol. The van der Waals surface area contributed by atoms with Crippen molar-refractivity contribution >= 4 is 27.8 Å². The Hall–Kier alpha value is -1.58. The molecule has 2 rings (SSSR count). The van der Waals surface area contributed by atoms with Gasteiger partial charge < -0.3 is 16.0 Å². The summed E-state index contributed by atoms with van der Waals surface area (Å²) in [7, 11) is 2.11. The van der Waals surface area contributed by atoms with Crippen molar-refractivity contribution in [3.63, 3.8) is 0 Å². The number of carbonyl (C=O) groups excluding carboxylic acids is 1. The van der Waals surface area contributed by atoms with Crippen LogP contribution in [0.15, 0.2) is 0 Å². The van der Waals surface area contributed by atoms with Crippen LogP contribution >= 0.6 is 11.3 Å². The molecule has 0 spiro atoms. The standard InChI is InChI=1S/C15H22N4OS/c1-9(2)13(20)14-12(17)11(6-16)15(21-14)18-7-10-4-5-19(3)8-10/h9-10,18H,4-5,7-8,17H2,1-3H3. The maximum absolute atomic E-state index is 12.1. The minimum atomic E-state index is -0.117. The summed E-state index contributed by atoms with van der Waals surface area (Å²) in [4.78, 5) is 14.9. The number of nitrogen functional groups attached to an aromatic ring is 1. The van der Waals surface area contributed by atoms with Gasteiger partial charge in [-0.25, -0.2) is 0 Å². The van der Waals surface area contributed by atoms with Crippen LogP contribution in [0.1, 0.15) is 35.5 Å². The van der Waals surface area contributed by atoms with Crippen molar-refractivity contribution in [3.05, 3.63) is 10.4 Å². The van der Waals surface area contributed by atoms with Crippen molar-refractivity contribution < 1.29 is 4.79 Å². The molecule has 1 aromatic rings. The number of nitrogens with one attached hydrogen (secondary N) is 1. The van der Waals surface area contributed by atoms with E-state index in [1.165, 1.54) is 11.3 Å². The summed E-state index contributed by atoms with van der Waals surface area (Å²) in [5, 5.41) is 13.3. The third-order valence-corrected chi connectivity index (χ3v) is 5.02. The molecule has 1 fully saturated rings. The number of ketones is 1. The Labute approximate surface area is 129 Å². The molecule has 1 aliphatic heterocycles. The molecule has 0 aliphatic carbocycles. The van der Waals surface area contributed by atoms with Crippen LogP contribution in [0.2, 0.25) is 0 Å². The second-order valence-corrected chi connectivity index (χ2v) is 7.00. The highest BCUT2D eigenvalue weighted by Gasteiger charge is 2.24. The summed E-state index contributed by atoms with van der Waals surface area (Å²) in [5.41, 5.74) is 6.72. The lowest BCUT2D eigenvalue weighted by atomic mass is 10.1. The third-order valence-electron chi connectivity index (χ3n) is 3.85. The van der Waals surface area contributed by atoms with E-state index in [4.69, 9.17) is 5.73 Å². The first-order chi connectivity index (χ1) is 9.93. The highest BCUT2D eigenvalue weighted by atomic mass is 32.1. The molecule has 0 bridgehead atoms. The lowest BCUT2D eigenvalue weighted by Gasteiger charge is -2.11. The van der Waals surface area contributed by atoms with E-state index in [9.17, 15) is 10.1 Å². The number of anilines is 2. The van der Waals surface area contributed by atoms with E-state index in [1.807, 2.05) is 13.8 Å². The fourth-order valence-corrected chi connectivity index (χ4v) is 3.72. The van der Waals surface area contributed by atoms with Crippen molar-refractivity contribution in [1.29, 1.82) is 5.26 Å². The molecule has 3 N–H and O–H groups in total. The second-order valence-electron chi connectivity index (χ2n) is 5.98. The summed E-state index contributed by atoms with van der Waals surface area (Å²) < 4.78 is 0. The molecular formula is C15H22N4OS. The molecule has 1 aliphatic rings. The Morgan fingerprint density at radius 2 is 2.33 bits per heavy atom. The Bertz CT molecular complexity index is 573. The number of nitrogens with zero attached hydrogens (tertiary/aromatic N) is 2. The summed E-state index contributed by atoms with van der Waals surface area (Å²) in [6.07, 6.45) is 1.16. The number of rotatable bonds is 5. The maximum atomic E-state index is 12.1. The average Bonchev–Trinajstić information content (AvgIpc) is 2.99. The van der Waals surface area contributed by atoms with Gasteiger partial charge in [-0.2, -0.15) is 5.26 Å². The monoisotopic (exact) mass is 306 g/mol. The normalized spacial score (nSPS) is 18.9. The Morgan fingerprint density at radius 3 is 2.86 bits per heavy atom. The van der Waals surface area contributed by atoms with Gasteiger partial charge in [0.15, 0.2) is 5.78 Å². The summed E-state index contributed by atoms with van der Waals surface area (Å²) in [6.45, 7) is 6.67. The molecule has 0 radical (unpaired) electrons.